The maximum atomic E-state index is 10.6. The molecule has 0 saturated heterocycles. The molecule has 0 heterocycles. The Bertz CT molecular complexity index is 443. The minimum absolute atomic E-state index is 0.0936. The Labute approximate surface area is 94.2 Å². The molecule has 0 fully saturated rings. The summed E-state index contributed by atoms with van der Waals surface area (Å²) in [4.78, 5) is 10.6. The molecule has 0 bridgehead atoms. The van der Waals surface area contributed by atoms with Crippen LogP contribution in [0.1, 0.15) is 12.5 Å². The van der Waals surface area contributed by atoms with Crippen LogP contribution in [0.2, 0.25) is 0 Å². The molecule has 1 rings (SSSR count). The Morgan fingerprint density at radius 3 is 2.94 bits per heavy atom. The van der Waals surface area contributed by atoms with E-state index in [2.05, 4.69) is 17.2 Å². The molecule has 0 saturated carbocycles. The molecule has 1 aromatic carbocycles. The number of rotatable bonds is 2. The van der Waals surface area contributed by atoms with Gasteiger partial charge in [0, 0.05) is 6.92 Å². The Morgan fingerprint density at radius 1 is 1.56 bits per heavy atom. The molecule has 0 spiro atoms. The van der Waals surface area contributed by atoms with Crippen LogP contribution in [0.3, 0.4) is 0 Å². The molecule has 0 unspecified atom stereocenters. The number of carbonyl (C=O) groups excluding carboxylic acids is 1. The van der Waals surface area contributed by atoms with Crippen molar-refractivity contribution in [2.24, 2.45) is 0 Å². The number of aromatic hydroxyl groups is 1. The van der Waals surface area contributed by atoms with Crippen molar-refractivity contribution >= 4 is 5.91 Å². The van der Waals surface area contributed by atoms with Gasteiger partial charge >= 0.3 is 0 Å². The predicted molar refractivity (Wildman–Crippen MR) is 60.2 cm³/mol. The van der Waals surface area contributed by atoms with E-state index in [1.54, 1.807) is 19.2 Å². The number of carbonyl (C=O) groups is 1. The second-order valence-corrected chi connectivity index (χ2v) is 3.09. The van der Waals surface area contributed by atoms with Gasteiger partial charge < -0.3 is 15.2 Å². The molecule has 1 aromatic rings. The number of phenolic OH excluding ortho intramolecular Hbond substituents is 1. The lowest BCUT2D eigenvalue weighted by atomic mass is 10.2. The summed E-state index contributed by atoms with van der Waals surface area (Å²) in [5, 5.41) is 12.0. The molecule has 0 atom stereocenters. The number of methoxy groups -OCH3 is 1. The van der Waals surface area contributed by atoms with E-state index in [9.17, 15) is 9.90 Å². The molecule has 0 aliphatic carbocycles. The van der Waals surface area contributed by atoms with Gasteiger partial charge in [-0.25, -0.2) is 0 Å². The van der Waals surface area contributed by atoms with Crippen LogP contribution >= 0.6 is 0 Å². The van der Waals surface area contributed by atoms with Gasteiger partial charge in [0.2, 0.25) is 5.91 Å². The molecule has 0 aromatic heterocycles. The van der Waals surface area contributed by atoms with Gasteiger partial charge in [-0.3, -0.25) is 4.79 Å². The van der Waals surface area contributed by atoms with Crippen molar-refractivity contribution in [1.82, 2.24) is 5.32 Å². The summed E-state index contributed by atoms with van der Waals surface area (Å²) in [6.07, 6.45) is 0. The molecule has 0 aliphatic heterocycles. The summed E-state index contributed by atoms with van der Waals surface area (Å²) in [6, 6.07) is 4.80. The first kappa shape index (κ1) is 11.9. The lowest BCUT2D eigenvalue weighted by Crippen LogP contribution is -2.19. The summed E-state index contributed by atoms with van der Waals surface area (Å²) < 4.78 is 5.01. The van der Waals surface area contributed by atoms with E-state index in [4.69, 9.17) is 4.74 Å². The number of ether oxygens (including phenoxy) is 1. The van der Waals surface area contributed by atoms with E-state index >= 15 is 0 Å². The summed E-state index contributed by atoms with van der Waals surface area (Å²) in [7, 11) is 1.54. The molecule has 1 amide bonds. The average molecular weight is 219 g/mol. The third-order valence-electron chi connectivity index (χ3n) is 1.85. The highest BCUT2D eigenvalue weighted by Gasteiger charge is 1.99. The summed E-state index contributed by atoms with van der Waals surface area (Å²) >= 11 is 0. The lowest BCUT2D eigenvalue weighted by molar-refractivity contribution is -0.118. The Balaban J connectivity index is 2.75. The highest BCUT2D eigenvalue weighted by atomic mass is 16.5. The molecule has 0 aliphatic rings. The molecule has 0 radical (unpaired) electrons. The molecule has 84 valence electrons. The lowest BCUT2D eigenvalue weighted by Gasteiger charge is -2.01. The van der Waals surface area contributed by atoms with Gasteiger partial charge in [-0.15, -0.1) is 0 Å². The SMILES string of the molecule is COc1ccc(O)c(C#CCNC(C)=O)c1. The van der Waals surface area contributed by atoms with Crippen molar-refractivity contribution in [2.45, 2.75) is 6.92 Å². The van der Waals surface area contributed by atoms with E-state index in [-0.39, 0.29) is 18.2 Å². The van der Waals surface area contributed by atoms with Crippen LogP contribution in [0.15, 0.2) is 18.2 Å². The van der Waals surface area contributed by atoms with Crippen molar-refractivity contribution < 1.29 is 14.6 Å². The largest absolute Gasteiger partial charge is 0.507 e. The Kier molecular flexibility index (Phi) is 4.22. The van der Waals surface area contributed by atoms with Crippen molar-refractivity contribution in [2.75, 3.05) is 13.7 Å². The quantitative estimate of drug-likeness (QED) is 0.726. The van der Waals surface area contributed by atoms with E-state index in [0.717, 1.165) is 0 Å². The van der Waals surface area contributed by atoms with Gasteiger partial charge in [0.15, 0.2) is 0 Å². The van der Waals surface area contributed by atoms with Crippen LogP contribution in [-0.4, -0.2) is 24.7 Å². The first-order valence-corrected chi connectivity index (χ1v) is 4.74. The topological polar surface area (TPSA) is 58.6 Å². The third kappa shape index (κ3) is 3.54. The predicted octanol–water partition coefficient (Wildman–Crippen LogP) is 0.888. The van der Waals surface area contributed by atoms with Gasteiger partial charge in [0.1, 0.15) is 11.5 Å². The fourth-order valence-corrected chi connectivity index (χ4v) is 1.05. The van der Waals surface area contributed by atoms with Gasteiger partial charge in [0.25, 0.3) is 0 Å². The van der Waals surface area contributed by atoms with Crippen LogP contribution in [-0.2, 0) is 4.79 Å². The van der Waals surface area contributed by atoms with Crippen LogP contribution < -0.4 is 10.1 Å². The fourth-order valence-electron chi connectivity index (χ4n) is 1.05. The highest BCUT2D eigenvalue weighted by molar-refractivity contribution is 5.73. The van der Waals surface area contributed by atoms with Gasteiger partial charge in [-0.2, -0.15) is 0 Å². The molecular formula is C12H13NO3. The van der Waals surface area contributed by atoms with Crippen molar-refractivity contribution in [3.05, 3.63) is 23.8 Å². The fraction of sp³-hybridized carbons (Fsp3) is 0.250. The average Bonchev–Trinajstić information content (AvgIpc) is 2.26. The summed E-state index contributed by atoms with van der Waals surface area (Å²) in [5.41, 5.74) is 0.477. The maximum absolute atomic E-state index is 10.6. The second kappa shape index (κ2) is 5.66. The van der Waals surface area contributed by atoms with Gasteiger partial charge in [0.05, 0.1) is 19.2 Å². The second-order valence-electron chi connectivity index (χ2n) is 3.09. The van der Waals surface area contributed by atoms with E-state index < -0.39 is 0 Å². The first-order valence-electron chi connectivity index (χ1n) is 4.74. The smallest absolute Gasteiger partial charge is 0.217 e. The van der Waals surface area contributed by atoms with Gasteiger partial charge in [-0.1, -0.05) is 11.8 Å². The van der Waals surface area contributed by atoms with Crippen LogP contribution in [0.5, 0.6) is 11.5 Å². The number of nitrogens with one attached hydrogen (secondary N) is 1. The zero-order valence-electron chi connectivity index (χ0n) is 9.20. The zero-order valence-corrected chi connectivity index (χ0v) is 9.20. The molecule has 2 N–H and O–H groups in total. The number of hydrogen-bond acceptors (Lipinski definition) is 3. The first-order chi connectivity index (χ1) is 7.63. The summed E-state index contributed by atoms with van der Waals surface area (Å²) in [6.45, 7) is 1.68. The number of phenols is 1. The number of benzene rings is 1. The minimum atomic E-state index is -0.135. The van der Waals surface area contributed by atoms with Crippen LogP contribution in [0.25, 0.3) is 0 Å². The monoisotopic (exact) mass is 219 g/mol. The van der Waals surface area contributed by atoms with Crippen LogP contribution in [0, 0.1) is 11.8 Å². The van der Waals surface area contributed by atoms with E-state index in [1.165, 1.54) is 13.0 Å². The van der Waals surface area contributed by atoms with Crippen molar-refractivity contribution in [3.63, 3.8) is 0 Å². The van der Waals surface area contributed by atoms with E-state index in [1.807, 2.05) is 0 Å². The third-order valence-corrected chi connectivity index (χ3v) is 1.85. The number of hydrogen-bond donors (Lipinski definition) is 2. The van der Waals surface area contributed by atoms with E-state index in [0.29, 0.717) is 11.3 Å². The van der Waals surface area contributed by atoms with Gasteiger partial charge in [-0.05, 0) is 18.2 Å². The highest BCUT2D eigenvalue weighted by Crippen LogP contribution is 2.21. The maximum Gasteiger partial charge on any atom is 0.217 e. The standard InChI is InChI=1S/C12H13NO3/c1-9(14)13-7-3-4-10-8-11(16-2)5-6-12(10)15/h5-6,8,15H,7H2,1-2H3,(H,13,14). The molecular weight excluding hydrogens is 206 g/mol. The van der Waals surface area contributed by atoms with Crippen molar-refractivity contribution in [3.8, 4) is 23.3 Å². The molecule has 4 heteroatoms. The zero-order chi connectivity index (χ0) is 12.0. The van der Waals surface area contributed by atoms with Crippen LogP contribution in [0.4, 0.5) is 0 Å². The molecule has 4 nitrogen and oxygen atoms in total. The Morgan fingerprint density at radius 2 is 2.31 bits per heavy atom. The summed E-state index contributed by atoms with van der Waals surface area (Å²) in [5.74, 6) is 6.06. The minimum Gasteiger partial charge on any atom is -0.507 e. The number of amides is 1. The Hall–Kier alpha value is -2.15. The van der Waals surface area contributed by atoms with Crippen molar-refractivity contribution in [1.29, 1.82) is 0 Å². The molecule has 16 heavy (non-hydrogen) atoms. The normalized spacial score (nSPS) is 8.88.